The lowest BCUT2D eigenvalue weighted by molar-refractivity contribution is -0.137. The summed E-state index contributed by atoms with van der Waals surface area (Å²) < 4.78 is 15.8. The van der Waals surface area contributed by atoms with Gasteiger partial charge in [0.1, 0.15) is 18.0 Å². The second-order valence-electron chi connectivity index (χ2n) is 5.85. The summed E-state index contributed by atoms with van der Waals surface area (Å²) in [5.74, 6) is 0.968. The molecule has 0 spiro atoms. The van der Waals surface area contributed by atoms with Gasteiger partial charge in [0.05, 0.1) is 6.61 Å². The highest BCUT2D eigenvalue weighted by Crippen LogP contribution is 2.23. The Labute approximate surface area is 132 Å². The van der Waals surface area contributed by atoms with Crippen molar-refractivity contribution in [2.45, 2.75) is 32.8 Å². The molecule has 5 heteroatoms. The molecule has 5 nitrogen and oxygen atoms in total. The molecule has 124 valence electrons. The van der Waals surface area contributed by atoms with Crippen molar-refractivity contribution >= 4 is 11.6 Å². The number of hydrogen-bond acceptors (Lipinski definition) is 4. The lowest BCUT2D eigenvalue weighted by atomic mass is 9.93. The van der Waals surface area contributed by atoms with E-state index in [1.807, 2.05) is 31.2 Å². The molecule has 0 saturated heterocycles. The fraction of sp³-hybridized carbons (Fsp3) is 0.588. The van der Waals surface area contributed by atoms with Crippen molar-refractivity contribution in [3.05, 3.63) is 24.3 Å². The molecule has 0 aromatic heterocycles. The minimum atomic E-state index is -0.832. The van der Waals surface area contributed by atoms with Crippen molar-refractivity contribution in [2.24, 2.45) is 5.92 Å². The molecule has 0 fully saturated rings. The van der Waals surface area contributed by atoms with Gasteiger partial charge in [0.2, 0.25) is 0 Å². The normalized spacial score (nSPS) is 13.7. The average molecular weight is 309 g/mol. The maximum Gasteiger partial charge on any atom is 0.256 e. The van der Waals surface area contributed by atoms with E-state index in [4.69, 9.17) is 14.2 Å². The standard InChI is InChI=1S/C17H27NO4/c1-13(2)12-17(3,21-5)16(19)18-14-6-8-15(9-7-14)22-11-10-20-4/h6-9,13H,10-12H2,1-5H3,(H,18,19). The maximum absolute atomic E-state index is 12.4. The number of hydrogen-bond donors (Lipinski definition) is 1. The van der Waals surface area contributed by atoms with Crippen LogP contribution in [0.5, 0.6) is 5.75 Å². The van der Waals surface area contributed by atoms with Gasteiger partial charge in [0, 0.05) is 19.9 Å². The summed E-state index contributed by atoms with van der Waals surface area (Å²) in [6.45, 7) is 6.98. The molecule has 1 amide bonds. The number of carbonyl (C=O) groups is 1. The predicted molar refractivity (Wildman–Crippen MR) is 87.3 cm³/mol. The van der Waals surface area contributed by atoms with Crippen molar-refractivity contribution < 1.29 is 19.0 Å². The molecule has 0 aliphatic heterocycles. The number of benzene rings is 1. The number of nitrogens with one attached hydrogen (secondary N) is 1. The smallest absolute Gasteiger partial charge is 0.256 e. The van der Waals surface area contributed by atoms with Gasteiger partial charge in [-0.05, 0) is 43.5 Å². The minimum absolute atomic E-state index is 0.142. The molecule has 1 unspecified atom stereocenters. The monoisotopic (exact) mass is 309 g/mol. The first-order valence-corrected chi connectivity index (χ1v) is 7.49. The number of anilines is 1. The van der Waals surface area contributed by atoms with Crippen molar-refractivity contribution in [1.82, 2.24) is 0 Å². The van der Waals surface area contributed by atoms with E-state index in [0.29, 0.717) is 25.6 Å². The van der Waals surface area contributed by atoms with Crippen molar-refractivity contribution in [3.63, 3.8) is 0 Å². The van der Waals surface area contributed by atoms with Crippen LogP contribution < -0.4 is 10.1 Å². The largest absolute Gasteiger partial charge is 0.491 e. The zero-order valence-corrected chi connectivity index (χ0v) is 14.1. The van der Waals surface area contributed by atoms with E-state index in [-0.39, 0.29) is 5.91 Å². The Morgan fingerprint density at radius 1 is 1.18 bits per heavy atom. The van der Waals surface area contributed by atoms with Gasteiger partial charge in [0.15, 0.2) is 0 Å². The summed E-state index contributed by atoms with van der Waals surface area (Å²) >= 11 is 0. The highest BCUT2D eigenvalue weighted by Gasteiger charge is 2.33. The molecule has 0 aliphatic rings. The third kappa shape index (κ3) is 5.66. The van der Waals surface area contributed by atoms with Crippen LogP contribution in [-0.2, 0) is 14.3 Å². The first-order valence-electron chi connectivity index (χ1n) is 7.49. The lowest BCUT2D eigenvalue weighted by Gasteiger charge is -2.28. The third-order valence-corrected chi connectivity index (χ3v) is 3.40. The van der Waals surface area contributed by atoms with Gasteiger partial charge in [0.25, 0.3) is 5.91 Å². The quantitative estimate of drug-likeness (QED) is 0.712. The molecule has 22 heavy (non-hydrogen) atoms. The summed E-state index contributed by atoms with van der Waals surface area (Å²) in [6, 6.07) is 7.26. The average Bonchev–Trinajstić information content (AvgIpc) is 2.48. The first kappa shape index (κ1) is 18.5. The fourth-order valence-corrected chi connectivity index (χ4v) is 2.19. The molecule has 0 heterocycles. The maximum atomic E-state index is 12.4. The lowest BCUT2D eigenvalue weighted by Crippen LogP contribution is -2.43. The second-order valence-corrected chi connectivity index (χ2v) is 5.85. The first-order chi connectivity index (χ1) is 10.4. The molecule has 1 aromatic rings. The Hall–Kier alpha value is -1.59. The van der Waals surface area contributed by atoms with E-state index < -0.39 is 5.60 Å². The van der Waals surface area contributed by atoms with Crippen LogP contribution in [0, 0.1) is 5.92 Å². The summed E-state index contributed by atoms with van der Waals surface area (Å²) in [7, 11) is 3.20. The molecule has 0 saturated carbocycles. The molecule has 0 radical (unpaired) electrons. The molecule has 1 N–H and O–H groups in total. The van der Waals surface area contributed by atoms with Crippen LogP contribution in [0.1, 0.15) is 27.2 Å². The summed E-state index contributed by atoms with van der Waals surface area (Å²) in [6.07, 6.45) is 0.660. The molecule has 1 atom stereocenters. The van der Waals surface area contributed by atoms with Crippen molar-refractivity contribution in [3.8, 4) is 5.75 Å². The van der Waals surface area contributed by atoms with Crippen LogP contribution in [-0.4, -0.2) is 38.9 Å². The Kier molecular flexibility index (Phi) is 7.35. The van der Waals surface area contributed by atoms with Gasteiger partial charge in [-0.25, -0.2) is 0 Å². The van der Waals surface area contributed by atoms with E-state index in [2.05, 4.69) is 19.2 Å². The Bertz CT molecular complexity index is 458. The Morgan fingerprint density at radius 2 is 1.82 bits per heavy atom. The predicted octanol–water partition coefficient (Wildman–Crippen LogP) is 3.10. The number of ether oxygens (including phenoxy) is 3. The van der Waals surface area contributed by atoms with Crippen LogP contribution in [0.4, 0.5) is 5.69 Å². The van der Waals surface area contributed by atoms with Crippen LogP contribution in [0.3, 0.4) is 0 Å². The number of rotatable bonds is 9. The van der Waals surface area contributed by atoms with Gasteiger partial charge in [-0.2, -0.15) is 0 Å². The van der Waals surface area contributed by atoms with E-state index >= 15 is 0 Å². The van der Waals surface area contributed by atoms with Gasteiger partial charge >= 0.3 is 0 Å². The van der Waals surface area contributed by atoms with Gasteiger partial charge in [-0.3, -0.25) is 4.79 Å². The molecule has 0 aliphatic carbocycles. The number of carbonyl (C=O) groups excluding carboxylic acids is 1. The van der Waals surface area contributed by atoms with E-state index in [1.54, 1.807) is 14.2 Å². The van der Waals surface area contributed by atoms with E-state index in [0.717, 1.165) is 11.4 Å². The van der Waals surface area contributed by atoms with Gasteiger partial charge < -0.3 is 19.5 Å². The summed E-state index contributed by atoms with van der Waals surface area (Å²) in [5, 5.41) is 2.89. The second kappa shape index (κ2) is 8.76. The molecule has 1 aromatic carbocycles. The number of methoxy groups -OCH3 is 2. The van der Waals surface area contributed by atoms with Gasteiger partial charge in [-0.1, -0.05) is 13.8 Å². The highest BCUT2D eigenvalue weighted by molar-refractivity contribution is 5.97. The highest BCUT2D eigenvalue weighted by atomic mass is 16.5. The van der Waals surface area contributed by atoms with Crippen LogP contribution >= 0.6 is 0 Å². The molecule has 1 rings (SSSR count). The van der Waals surface area contributed by atoms with Crippen LogP contribution in [0.25, 0.3) is 0 Å². The van der Waals surface area contributed by atoms with Crippen molar-refractivity contribution in [1.29, 1.82) is 0 Å². The van der Waals surface area contributed by atoms with E-state index in [9.17, 15) is 4.79 Å². The van der Waals surface area contributed by atoms with Crippen LogP contribution in [0.15, 0.2) is 24.3 Å². The minimum Gasteiger partial charge on any atom is -0.491 e. The molecular weight excluding hydrogens is 282 g/mol. The van der Waals surface area contributed by atoms with Crippen LogP contribution in [0.2, 0.25) is 0 Å². The Morgan fingerprint density at radius 3 is 2.32 bits per heavy atom. The Balaban J connectivity index is 2.63. The molecular formula is C17H27NO4. The fourth-order valence-electron chi connectivity index (χ4n) is 2.19. The zero-order chi connectivity index (χ0) is 16.6. The number of amides is 1. The van der Waals surface area contributed by atoms with Crippen molar-refractivity contribution in [2.75, 3.05) is 32.8 Å². The van der Waals surface area contributed by atoms with E-state index in [1.165, 1.54) is 0 Å². The zero-order valence-electron chi connectivity index (χ0n) is 14.1. The third-order valence-electron chi connectivity index (χ3n) is 3.40. The molecule has 0 bridgehead atoms. The topological polar surface area (TPSA) is 56.8 Å². The SMILES string of the molecule is COCCOc1ccc(NC(=O)C(C)(CC(C)C)OC)cc1. The summed E-state index contributed by atoms with van der Waals surface area (Å²) in [5.41, 5.74) is -0.113. The van der Waals surface area contributed by atoms with Gasteiger partial charge in [-0.15, -0.1) is 0 Å². The summed E-state index contributed by atoms with van der Waals surface area (Å²) in [4.78, 5) is 12.4.